The fourth-order valence-corrected chi connectivity index (χ4v) is 4.08. The Morgan fingerprint density at radius 2 is 2.16 bits per heavy atom. The lowest BCUT2D eigenvalue weighted by atomic mass is 10.1. The lowest BCUT2D eigenvalue weighted by molar-refractivity contribution is 0.102. The number of nitrogens with zero attached hydrogens (tertiary/aromatic N) is 4. The Bertz CT molecular complexity index is 1070. The van der Waals surface area contributed by atoms with E-state index in [4.69, 9.17) is 0 Å². The fraction of sp³-hybridized carbons (Fsp3) is 0.353. The van der Waals surface area contributed by atoms with Crippen molar-refractivity contribution < 1.29 is 4.79 Å². The molecule has 5 rings (SSSR count). The van der Waals surface area contributed by atoms with Crippen LogP contribution in [-0.2, 0) is 13.0 Å². The standard InChI is InChI=1S/C17H15N5O2S/c23-14(19-17-21-20-15(25-17)9-3-4-9)10-5-6-11-12(8-10)18-13-2-1-7-22(13)16(11)24/h5-6,8-9H,1-4,7H2,(H,19,21,23). The van der Waals surface area contributed by atoms with Crippen molar-refractivity contribution >= 4 is 33.3 Å². The van der Waals surface area contributed by atoms with Crippen molar-refractivity contribution in [3.63, 3.8) is 0 Å². The first kappa shape index (κ1) is 14.7. The van der Waals surface area contributed by atoms with E-state index in [1.54, 1.807) is 22.8 Å². The first-order valence-corrected chi connectivity index (χ1v) is 9.19. The zero-order valence-electron chi connectivity index (χ0n) is 13.4. The Balaban J connectivity index is 1.46. The third-order valence-electron chi connectivity index (χ3n) is 4.67. The average Bonchev–Trinajstić information content (AvgIpc) is 3.17. The number of aryl methyl sites for hydroxylation is 1. The van der Waals surface area contributed by atoms with Gasteiger partial charge in [-0.15, -0.1) is 10.2 Å². The summed E-state index contributed by atoms with van der Waals surface area (Å²) < 4.78 is 1.72. The van der Waals surface area contributed by atoms with Crippen molar-refractivity contribution in [2.75, 3.05) is 5.32 Å². The summed E-state index contributed by atoms with van der Waals surface area (Å²) in [6.45, 7) is 0.722. The number of fused-ring (bicyclic) bond motifs is 2. The van der Waals surface area contributed by atoms with E-state index in [1.165, 1.54) is 11.3 Å². The Labute approximate surface area is 146 Å². The van der Waals surface area contributed by atoms with Crippen molar-refractivity contribution in [1.29, 1.82) is 0 Å². The van der Waals surface area contributed by atoms with Crippen LogP contribution in [0.25, 0.3) is 10.9 Å². The summed E-state index contributed by atoms with van der Waals surface area (Å²) in [5.74, 6) is 1.05. The molecule has 1 saturated carbocycles. The van der Waals surface area contributed by atoms with E-state index in [2.05, 4.69) is 20.5 Å². The molecule has 126 valence electrons. The molecule has 2 aromatic heterocycles. The number of nitrogens with one attached hydrogen (secondary N) is 1. The van der Waals surface area contributed by atoms with Gasteiger partial charge in [-0.1, -0.05) is 11.3 Å². The molecule has 3 aromatic rings. The normalized spacial score (nSPS) is 16.2. The summed E-state index contributed by atoms with van der Waals surface area (Å²) in [6, 6.07) is 5.01. The van der Waals surface area contributed by atoms with Crippen LogP contribution in [0.3, 0.4) is 0 Å². The predicted octanol–water partition coefficient (Wildman–Crippen LogP) is 2.32. The van der Waals surface area contributed by atoms with Gasteiger partial charge in [0.05, 0.1) is 10.9 Å². The number of carbonyl (C=O) groups is 1. The van der Waals surface area contributed by atoms with Gasteiger partial charge in [0, 0.05) is 24.4 Å². The first-order valence-electron chi connectivity index (χ1n) is 8.37. The first-order chi connectivity index (χ1) is 12.2. The molecule has 7 nitrogen and oxygen atoms in total. The second-order valence-corrected chi connectivity index (χ2v) is 7.50. The van der Waals surface area contributed by atoms with Crippen LogP contribution in [0.2, 0.25) is 0 Å². The van der Waals surface area contributed by atoms with E-state index in [9.17, 15) is 9.59 Å². The van der Waals surface area contributed by atoms with Crippen LogP contribution in [0.5, 0.6) is 0 Å². The van der Waals surface area contributed by atoms with Gasteiger partial charge in [-0.3, -0.25) is 19.5 Å². The average molecular weight is 353 g/mol. The van der Waals surface area contributed by atoms with Crippen LogP contribution in [0.4, 0.5) is 5.13 Å². The second-order valence-electron chi connectivity index (χ2n) is 6.49. The monoisotopic (exact) mass is 353 g/mol. The van der Waals surface area contributed by atoms with Gasteiger partial charge in [-0.25, -0.2) is 4.98 Å². The number of aromatic nitrogens is 4. The van der Waals surface area contributed by atoms with Crippen molar-refractivity contribution in [3.05, 3.63) is 44.9 Å². The topological polar surface area (TPSA) is 89.8 Å². The molecule has 1 N–H and O–H groups in total. The van der Waals surface area contributed by atoms with Crippen LogP contribution in [-0.4, -0.2) is 25.7 Å². The third-order valence-corrected chi connectivity index (χ3v) is 5.67. The smallest absolute Gasteiger partial charge is 0.261 e. The Morgan fingerprint density at radius 3 is 3.00 bits per heavy atom. The van der Waals surface area contributed by atoms with Crippen LogP contribution in [0.1, 0.15) is 46.4 Å². The molecule has 0 atom stereocenters. The number of benzene rings is 1. The molecule has 0 unspecified atom stereocenters. The minimum atomic E-state index is -0.261. The van der Waals surface area contributed by atoms with Crippen molar-refractivity contribution in [2.24, 2.45) is 0 Å². The zero-order valence-corrected chi connectivity index (χ0v) is 14.2. The van der Waals surface area contributed by atoms with Gasteiger partial charge < -0.3 is 0 Å². The highest BCUT2D eigenvalue weighted by molar-refractivity contribution is 7.15. The Morgan fingerprint density at radius 1 is 1.28 bits per heavy atom. The molecule has 3 heterocycles. The minimum Gasteiger partial charge on any atom is -0.296 e. The molecule has 1 fully saturated rings. The van der Waals surface area contributed by atoms with Crippen LogP contribution in [0, 0.1) is 0 Å². The highest BCUT2D eigenvalue weighted by Gasteiger charge is 2.27. The molecule has 0 bridgehead atoms. The molecule has 1 amide bonds. The van der Waals surface area contributed by atoms with E-state index >= 15 is 0 Å². The van der Waals surface area contributed by atoms with Crippen molar-refractivity contribution in [1.82, 2.24) is 19.7 Å². The predicted molar refractivity (Wildman–Crippen MR) is 94.2 cm³/mol. The van der Waals surface area contributed by atoms with Crippen molar-refractivity contribution in [2.45, 2.75) is 38.1 Å². The number of anilines is 1. The van der Waals surface area contributed by atoms with Gasteiger partial charge >= 0.3 is 0 Å². The molecule has 0 saturated heterocycles. The molecule has 1 aromatic carbocycles. The van der Waals surface area contributed by atoms with Gasteiger partial charge in [-0.05, 0) is 37.5 Å². The highest BCUT2D eigenvalue weighted by atomic mass is 32.1. The summed E-state index contributed by atoms with van der Waals surface area (Å²) in [4.78, 5) is 29.5. The minimum absolute atomic E-state index is 0.0253. The van der Waals surface area contributed by atoms with Gasteiger partial charge in [-0.2, -0.15) is 0 Å². The Hall–Kier alpha value is -2.61. The van der Waals surface area contributed by atoms with E-state index in [1.807, 2.05) is 0 Å². The lowest BCUT2D eigenvalue weighted by Gasteiger charge is -2.06. The molecule has 25 heavy (non-hydrogen) atoms. The lowest BCUT2D eigenvalue weighted by Crippen LogP contribution is -2.21. The van der Waals surface area contributed by atoms with Crippen LogP contribution >= 0.6 is 11.3 Å². The highest BCUT2D eigenvalue weighted by Crippen LogP contribution is 2.42. The SMILES string of the molecule is O=C(Nc1nnc(C2CC2)s1)c1ccc2c(=O)n3c(nc2c1)CCC3. The fourth-order valence-electron chi connectivity index (χ4n) is 3.17. The maximum absolute atomic E-state index is 12.5. The molecular formula is C17H15N5O2S. The zero-order chi connectivity index (χ0) is 17.0. The van der Waals surface area contributed by atoms with E-state index < -0.39 is 0 Å². The van der Waals surface area contributed by atoms with Crippen LogP contribution in [0.15, 0.2) is 23.0 Å². The summed E-state index contributed by atoms with van der Waals surface area (Å²) in [5, 5.41) is 13.0. The number of rotatable bonds is 3. The number of amides is 1. The molecule has 0 spiro atoms. The summed E-state index contributed by atoms with van der Waals surface area (Å²) in [7, 11) is 0. The maximum atomic E-state index is 12.5. The molecule has 0 radical (unpaired) electrons. The van der Waals surface area contributed by atoms with Gasteiger partial charge in [0.2, 0.25) is 5.13 Å². The Kier molecular flexibility index (Phi) is 3.21. The number of hydrogen-bond donors (Lipinski definition) is 1. The van der Waals surface area contributed by atoms with Crippen molar-refractivity contribution in [3.8, 4) is 0 Å². The molecular weight excluding hydrogens is 338 g/mol. The third kappa shape index (κ3) is 2.53. The maximum Gasteiger partial charge on any atom is 0.261 e. The number of hydrogen-bond acceptors (Lipinski definition) is 6. The summed E-state index contributed by atoms with van der Waals surface area (Å²) in [6.07, 6.45) is 4.04. The van der Waals surface area contributed by atoms with Gasteiger partial charge in [0.25, 0.3) is 11.5 Å². The van der Waals surface area contributed by atoms with E-state index in [0.717, 1.165) is 43.1 Å². The summed E-state index contributed by atoms with van der Waals surface area (Å²) >= 11 is 1.43. The molecule has 2 aliphatic rings. The van der Waals surface area contributed by atoms with Crippen LogP contribution < -0.4 is 10.9 Å². The van der Waals surface area contributed by atoms with Gasteiger partial charge in [0.15, 0.2) is 0 Å². The number of carbonyl (C=O) groups excluding carboxylic acids is 1. The second kappa shape index (κ2) is 5.45. The largest absolute Gasteiger partial charge is 0.296 e. The quantitative estimate of drug-likeness (QED) is 0.780. The van der Waals surface area contributed by atoms with E-state index in [-0.39, 0.29) is 11.5 Å². The molecule has 1 aliphatic carbocycles. The molecule has 1 aliphatic heterocycles. The van der Waals surface area contributed by atoms with Gasteiger partial charge in [0.1, 0.15) is 10.8 Å². The summed E-state index contributed by atoms with van der Waals surface area (Å²) in [5.41, 5.74) is 1.01. The molecule has 8 heteroatoms. The van der Waals surface area contributed by atoms with E-state index in [0.29, 0.717) is 27.5 Å².